The Balaban J connectivity index is 1.74. The number of carbonyl (C=O) groups excluding carboxylic acids is 1. The Bertz CT molecular complexity index is 1000. The van der Waals surface area contributed by atoms with Gasteiger partial charge in [-0.25, -0.2) is 4.79 Å². The van der Waals surface area contributed by atoms with Gasteiger partial charge in [0.05, 0.1) is 10.6 Å². The molecule has 0 spiro atoms. The van der Waals surface area contributed by atoms with Crippen molar-refractivity contribution in [3.05, 3.63) is 64.0 Å². The van der Waals surface area contributed by atoms with Crippen molar-refractivity contribution in [1.29, 1.82) is 0 Å². The normalized spacial score (nSPS) is 10.4. The smallest absolute Gasteiger partial charge is 0.335 e. The van der Waals surface area contributed by atoms with Crippen LogP contribution >= 0.6 is 35.2 Å². The Morgan fingerprint density at radius 2 is 1.88 bits per heavy atom. The summed E-state index contributed by atoms with van der Waals surface area (Å²) in [5.41, 5.74) is 0.583. The molecule has 0 unspecified atom stereocenters. The van der Waals surface area contributed by atoms with Crippen LogP contribution < -0.4 is 10.6 Å². The Morgan fingerprint density at radius 1 is 1.12 bits per heavy atom. The van der Waals surface area contributed by atoms with Gasteiger partial charge in [0, 0.05) is 15.8 Å². The first-order valence-corrected chi connectivity index (χ1v) is 8.68. The number of fused-ring (bicyclic) bond motifs is 1. The van der Waals surface area contributed by atoms with Gasteiger partial charge in [0.2, 0.25) is 0 Å². The number of hydrogen-bond donors (Lipinski definition) is 3. The van der Waals surface area contributed by atoms with Crippen LogP contribution in [0.1, 0.15) is 20.0 Å². The molecule has 0 aliphatic carbocycles. The number of hydrogen-bond acceptors (Lipinski definition) is 4. The van der Waals surface area contributed by atoms with E-state index in [0.29, 0.717) is 15.6 Å². The molecule has 25 heavy (non-hydrogen) atoms. The standard InChI is InChI=1S/C17H11ClN2O3S2/c18-13-11-6-1-2-7-12(11)25-14(13)15(21)20-17(24)19-10-5-3-4-9(8-10)16(22)23/h1-8H,(H,22,23)(H2,19,20,21,24). The average molecular weight is 391 g/mol. The average Bonchev–Trinajstić information content (AvgIpc) is 2.92. The zero-order valence-corrected chi connectivity index (χ0v) is 15.0. The number of aromatic carboxylic acids is 1. The summed E-state index contributed by atoms with van der Waals surface area (Å²) < 4.78 is 0.908. The molecular weight excluding hydrogens is 380 g/mol. The third-order valence-corrected chi connectivity index (χ3v) is 5.21. The van der Waals surface area contributed by atoms with E-state index in [-0.39, 0.29) is 10.7 Å². The van der Waals surface area contributed by atoms with Gasteiger partial charge >= 0.3 is 5.97 Å². The molecule has 1 amide bonds. The Labute approximate surface area is 157 Å². The van der Waals surface area contributed by atoms with E-state index in [9.17, 15) is 9.59 Å². The zero-order chi connectivity index (χ0) is 18.0. The fraction of sp³-hybridized carbons (Fsp3) is 0. The van der Waals surface area contributed by atoms with Crippen molar-refractivity contribution >= 4 is 67.9 Å². The number of anilines is 1. The van der Waals surface area contributed by atoms with Crippen LogP contribution in [0.4, 0.5) is 5.69 Å². The maximum Gasteiger partial charge on any atom is 0.335 e. The van der Waals surface area contributed by atoms with Crippen LogP contribution in [0.15, 0.2) is 48.5 Å². The third kappa shape index (κ3) is 3.79. The summed E-state index contributed by atoms with van der Waals surface area (Å²) in [5.74, 6) is -1.46. The molecule has 0 fully saturated rings. The Morgan fingerprint density at radius 3 is 2.60 bits per heavy atom. The number of carbonyl (C=O) groups is 2. The van der Waals surface area contributed by atoms with Crippen LogP contribution in [-0.4, -0.2) is 22.1 Å². The van der Waals surface area contributed by atoms with E-state index in [4.69, 9.17) is 28.9 Å². The first-order valence-electron chi connectivity index (χ1n) is 7.08. The minimum Gasteiger partial charge on any atom is -0.478 e. The Kier molecular flexibility index (Phi) is 4.98. The molecule has 0 bridgehead atoms. The van der Waals surface area contributed by atoms with Crippen LogP contribution in [0, 0.1) is 0 Å². The maximum absolute atomic E-state index is 12.4. The predicted molar refractivity (Wildman–Crippen MR) is 104 cm³/mol. The number of halogens is 1. The second-order valence-electron chi connectivity index (χ2n) is 5.04. The lowest BCUT2D eigenvalue weighted by Gasteiger charge is -2.09. The summed E-state index contributed by atoms with van der Waals surface area (Å²) in [7, 11) is 0. The number of amides is 1. The number of carboxylic acids is 1. The van der Waals surface area contributed by atoms with E-state index < -0.39 is 11.9 Å². The highest BCUT2D eigenvalue weighted by atomic mass is 35.5. The SMILES string of the molecule is O=C(O)c1cccc(NC(=S)NC(=O)c2sc3ccccc3c2Cl)c1. The van der Waals surface area contributed by atoms with Gasteiger partial charge in [0.25, 0.3) is 5.91 Å². The summed E-state index contributed by atoms with van der Waals surface area (Å²) in [6, 6.07) is 13.6. The van der Waals surface area contributed by atoms with Gasteiger partial charge < -0.3 is 10.4 Å². The van der Waals surface area contributed by atoms with Crippen molar-refractivity contribution in [3.63, 3.8) is 0 Å². The second-order valence-corrected chi connectivity index (χ2v) is 6.87. The van der Waals surface area contributed by atoms with Crippen molar-refractivity contribution in [2.24, 2.45) is 0 Å². The van der Waals surface area contributed by atoms with Crippen molar-refractivity contribution in [2.45, 2.75) is 0 Å². The third-order valence-electron chi connectivity index (χ3n) is 3.34. The minimum atomic E-state index is -1.05. The highest BCUT2D eigenvalue weighted by molar-refractivity contribution is 7.80. The highest BCUT2D eigenvalue weighted by Gasteiger charge is 2.18. The first-order chi connectivity index (χ1) is 12.0. The first kappa shape index (κ1) is 17.3. The molecule has 3 aromatic rings. The fourth-order valence-corrected chi connectivity index (χ4v) is 3.84. The van der Waals surface area contributed by atoms with Gasteiger partial charge in [-0.1, -0.05) is 35.9 Å². The van der Waals surface area contributed by atoms with Crippen LogP contribution in [-0.2, 0) is 0 Å². The monoisotopic (exact) mass is 390 g/mol. The number of thiophene rings is 1. The number of benzene rings is 2. The summed E-state index contributed by atoms with van der Waals surface area (Å²) in [5, 5.41) is 15.6. The van der Waals surface area contributed by atoms with E-state index in [2.05, 4.69) is 10.6 Å². The zero-order valence-electron chi connectivity index (χ0n) is 12.6. The molecule has 5 nitrogen and oxygen atoms in total. The molecule has 2 aromatic carbocycles. The summed E-state index contributed by atoms with van der Waals surface area (Å²) >= 11 is 12.7. The molecule has 0 saturated carbocycles. The van der Waals surface area contributed by atoms with Crippen LogP contribution in [0.5, 0.6) is 0 Å². The van der Waals surface area contributed by atoms with E-state index in [1.807, 2.05) is 24.3 Å². The molecule has 126 valence electrons. The minimum absolute atomic E-state index is 0.0565. The number of nitrogens with one attached hydrogen (secondary N) is 2. The maximum atomic E-state index is 12.4. The molecule has 0 aliphatic heterocycles. The molecule has 0 saturated heterocycles. The highest BCUT2D eigenvalue weighted by Crippen LogP contribution is 2.34. The molecule has 0 aliphatic rings. The number of rotatable bonds is 3. The summed E-state index contributed by atoms with van der Waals surface area (Å²) in [6.07, 6.45) is 0. The van der Waals surface area contributed by atoms with Crippen molar-refractivity contribution in [2.75, 3.05) is 5.32 Å². The topological polar surface area (TPSA) is 78.4 Å². The van der Waals surface area contributed by atoms with Gasteiger partial charge in [-0.05, 0) is 36.5 Å². The van der Waals surface area contributed by atoms with Gasteiger partial charge in [-0.15, -0.1) is 11.3 Å². The van der Waals surface area contributed by atoms with Gasteiger partial charge in [-0.2, -0.15) is 0 Å². The van der Waals surface area contributed by atoms with Gasteiger partial charge in [0.1, 0.15) is 4.88 Å². The number of thiocarbonyl (C=S) groups is 1. The quantitative estimate of drug-likeness (QED) is 0.578. The molecule has 8 heteroatoms. The predicted octanol–water partition coefficient (Wildman–Crippen LogP) is 4.38. The van der Waals surface area contributed by atoms with Crippen molar-refractivity contribution in [3.8, 4) is 0 Å². The van der Waals surface area contributed by atoms with E-state index in [0.717, 1.165) is 10.1 Å². The van der Waals surface area contributed by atoms with Crippen LogP contribution in [0.3, 0.4) is 0 Å². The molecule has 0 radical (unpaired) electrons. The summed E-state index contributed by atoms with van der Waals surface area (Å²) in [4.78, 5) is 23.8. The van der Waals surface area contributed by atoms with E-state index in [1.54, 1.807) is 12.1 Å². The van der Waals surface area contributed by atoms with Crippen LogP contribution in [0.25, 0.3) is 10.1 Å². The van der Waals surface area contributed by atoms with Crippen molar-refractivity contribution < 1.29 is 14.7 Å². The van der Waals surface area contributed by atoms with Gasteiger partial charge in [-0.3, -0.25) is 10.1 Å². The molecule has 3 N–H and O–H groups in total. The summed E-state index contributed by atoms with van der Waals surface area (Å²) in [6.45, 7) is 0. The lowest BCUT2D eigenvalue weighted by atomic mass is 10.2. The molecule has 0 atom stereocenters. The molecule has 1 aromatic heterocycles. The molecular formula is C17H11ClN2O3S2. The van der Waals surface area contributed by atoms with Crippen LogP contribution in [0.2, 0.25) is 5.02 Å². The van der Waals surface area contributed by atoms with E-state index >= 15 is 0 Å². The second kappa shape index (κ2) is 7.18. The Hall–Kier alpha value is -2.48. The molecule has 1 heterocycles. The van der Waals surface area contributed by atoms with Gasteiger partial charge in [0.15, 0.2) is 5.11 Å². The fourth-order valence-electron chi connectivity index (χ4n) is 2.21. The lowest BCUT2D eigenvalue weighted by molar-refractivity contribution is 0.0696. The lowest BCUT2D eigenvalue weighted by Crippen LogP contribution is -2.33. The number of carboxylic acid groups (broad SMARTS) is 1. The molecule has 3 rings (SSSR count). The largest absolute Gasteiger partial charge is 0.478 e. The van der Waals surface area contributed by atoms with E-state index in [1.165, 1.54) is 23.5 Å². The van der Waals surface area contributed by atoms with Crippen molar-refractivity contribution in [1.82, 2.24) is 5.32 Å².